The number of hydrogen-bond acceptors (Lipinski definition) is 4. The van der Waals surface area contributed by atoms with E-state index in [0.717, 1.165) is 48.1 Å². The molecule has 0 N–H and O–H groups in total. The van der Waals surface area contributed by atoms with Crippen LogP contribution in [0.25, 0.3) is 10.9 Å². The lowest BCUT2D eigenvalue weighted by atomic mass is 10.1. The molecule has 1 aromatic heterocycles. The van der Waals surface area contributed by atoms with Gasteiger partial charge in [-0.1, -0.05) is 24.3 Å². The smallest absolute Gasteiger partial charge is 0.272 e. The van der Waals surface area contributed by atoms with Crippen molar-refractivity contribution in [1.82, 2.24) is 14.8 Å². The minimum absolute atomic E-state index is 0.0496. The fourth-order valence-corrected chi connectivity index (χ4v) is 4.15. The molecule has 2 aromatic carbocycles. The summed E-state index contributed by atoms with van der Waals surface area (Å²) in [7, 11) is 0. The second-order valence-electron chi connectivity index (χ2n) is 7.79. The Kier molecular flexibility index (Phi) is 4.83. The molecule has 0 bridgehead atoms. The van der Waals surface area contributed by atoms with Crippen molar-refractivity contribution in [2.75, 3.05) is 26.2 Å². The maximum atomic E-state index is 13.2. The molecule has 152 valence electrons. The fraction of sp³-hybridized carbons (Fsp3) is 0.292. The number of aromatic nitrogens is 1. The normalized spacial score (nSPS) is 16.1. The first-order chi connectivity index (χ1) is 14.7. The first-order valence-electron chi connectivity index (χ1n) is 10.4. The molecule has 3 aromatic rings. The minimum atomic E-state index is -0.131. The van der Waals surface area contributed by atoms with Crippen LogP contribution in [0.5, 0.6) is 5.75 Å². The van der Waals surface area contributed by atoms with Gasteiger partial charge in [-0.05, 0) is 43.2 Å². The number of para-hydroxylation sites is 1. The number of fused-ring (bicyclic) bond motifs is 2. The quantitative estimate of drug-likeness (QED) is 0.659. The Hall–Kier alpha value is -3.41. The number of carbonyl (C=O) groups is 2. The zero-order valence-electron chi connectivity index (χ0n) is 16.7. The molecule has 0 atom stereocenters. The van der Waals surface area contributed by atoms with Gasteiger partial charge in [-0.25, -0.2) is 4.98 Å². The fourth-order valence-electron chi connectivity index (χ4n) is 4.15. The van der Waals surface area contributed by atoms with Crippen molar-refractivity contribution in [2.24, 2.45) is 0 Å². The van der Waals surface area contributed by atoms with E-state index >= 15 is 0 Å². The average molecular weight is 401 g/mol. The number of rotatable bonds is 2. The number of nitrogens with zero attached hydrogens (tertiary/aromatic N) is 3. The zero-order chi connectivity index (χ0) is 20.5. The van der Waals surface area contributed by atoms with Crippen LogP contribution in [0.3, 0.4) is 0 Å². The zero-order valence-corrected chi connectivity index (χ0v) is 16.7. The molecule has 0 spiro atoms. The maximum Gasteiger partial charge on any atom is 0.272 e. The van der Waals surface area contributed by atoms with Gasteiger partial charge in [0.05, 0.1) is 12.1 Å². The van der Waals surface area contributed by atoms with Gasteiger partial charge in [-0.2, -0.15) is 0 Å². The topological polar surface area (TPSA) is 62.7 Å². The van der Waals surface area contributed by atoms with Crippen LogP contribution in [0, 0.1) is 0 Å². The van der Waals surface area contributed by atoms with Crippen molar-refractivity contribution >= 4 is 22.7 Å². The maximum absolute atomic E-state index is 13.2. The summed E-state index contributed by atoms with van der Waals surface area (Å²) >= 11 is 0. The molecule has 0 aliphatic carbocycles. The molecule has 0 unspecified atom stereocenters. The summed E-state index contributed by atoms with van der Waals surface area (Å²) in [5.41, 5.74) is 2.72. The number of ether oxygens (including phenoxy) is 1. The number of benzene rings is 2. The van der Waals surface area contributed by atoms with Crippen LogP contribution < -0.4 is 4.74 Å². The molecule has 30 heavy (non-hydrogen) atoms. The van der Waals surface area contributed by atoms with Crippen LogP contribution in [0.1, 0.15) is 39.3 Å². The lowest BCUT2D eigenvalue weighted by molar-refractivity contribution is 0.0727. The van der Waals surface area contributed by atoms with Crippen LogP contribution in [0.4, 0.5) is 0 Å². The molecule has 0 radical (unpaired) electrons. The van der Waals surface area contributed by atoms with Crippen molar-refractivity contribution in [3.05, 3.63) is 71.4 Å². The first-order valence-corrected chi connectivity index (χ1v) is 10.4. The lowest BCUT2D eigenvalue weighted by Crippen LogP contribution is -2.33. The predicted molar refractivity (Wildman–Crippen MR) is 114 cm³/mol. The van der Waals surface area contributed by atoms with Crippen LogP contribution in [-0.4, -0.2) is 52.8 Å². The lowest BCUT2D eigenvalue weighted by Gasteiger charge is -2.20. The minimum Gasteiger partial charge on any atom is -0.491 e. The Morgan fingerprint density at radius 3 is 2.57 bits per heavy atom. The molecule has 1 fully saturated rings. The van der Waals surface area contributed by atoms with E-state index in [1.165, 1.54) is 0 Å². The Morgan fingerprint density at radius 1 is 0.867 bits per heavy atom. The van der Waals surface area contributed by atoms with Gasteiger partial charge in [0.1, 0.15) is 18.1 Å². The third-order valence-corrected chi connectivity index (χ3v) is 5.79. The van der Waals surface area contributed by atoms with Crippen LogP contribution in [0.2, 0.25) is 0 Å². The first kappa shape index (κ1) is 18.6. The van der Waals surface area contributed by atoms with Crippen LogP contribution >= 0.6 is 0 Å². The van der Waals surface area contributed by atoms with Crippen molar-refractivity contribution in [1.29, 1.82) is 0 Å². The van der Waals surface area contributed by atoms with Gasteiger partial charge in [0, 0.05) is 36.1 Å². The van der Waals surface area contributed by atoms with E-state index in [1.54, 1.807) is 11.0 Å². The van der Waals surface area contributed by atoms with Gasteiger partial charge in [0.2, 0.25) is 0 Å². The number of hydrogen-bond donors (Lipinski definition) is 0. The summed E-state index contributed by atoms with van der Waals surface area (Å²) in [4.78, 5) is 34.1. The van der Waals surface area contributed by atoms with E-state index in [2.05, 4.69) is 4.98 Å². The molecule has 6 heteroatoms. The van der Waals surface area contributed by atoms with Gasteiger partial charge in [0.25, 0.3) is 11.8 Å². The molecular formula is C24H23N3O3. The summed E-state index contributed by atoms with van der Waals surface area (Å²) in [6, 6.07) is 17.0. The monoisotopic (exact) mass is 401 g/mol. The van der Waals surface area contributed by atoms with Crippen LogP contribution in [0.15, 0.2) is 54.6 Å². The van der Waals surface area contributed by atoms with Crippen LogP contribution in [-0.2, 0) is 6.54 Å². The predicted octanol–water partition coefficient (Wildman–Crippen LogP) is 3.51. The summed E-state index contributed by atoms with van der Waals surface area (Å²) in [6.45, 7) is 2.89. The Labute approximate surface area is 175 Å². The van der Waals surface area contributed by atoms with Crippen molar-refractivity contribution in [3.8, 4) is 5.75 Å². The summed E-state index contributed by atoms with van der Waals surface area (Å²) < 4.78 is 5.86. The SMILES string of the molecule is O=C(c1ccc2c(c1)CN(C(=O)c1ccc3ccccc3n1)CCO2)N1CCCC1. The highest BCUT2D eigenvalue weighted by molar-refractivity contribution is 5.96. The van der Waals surface area contributed by atoms with Crippen molar-refractivity contribution < 1.29 is 14.3 Å². The Bertz CT molecular complexity index is 1120. The van der Waals surface area contributed by atoms with Gasteiger partial charge < -0.3 is 14.5 Å². The van der Waals surface area contributed by atoms with E-state index in [-0.39, 0.29) is 11.8 Å². The number of carbonyl (C=O) groups excluding carboxylic acids is 2. The van der Waals surface area contributed by atoms with E-state index in [0.29, 0.717) is 31.0 Å². The second-order valence-corrected chi connectivity index (χ2v) is 7.79. The average Bonchev–Trinajstić information content (AvgIpc) is 3.24. The largest absolute Gasteiger partial charge is 0.491 e. The molecule has 3 heterocycles. The molecule has 2 aliphatic heterocycles. The van der Waals surface area contributed by atoms with Crippen molar-refractivity contribution in [2.45, 2.75) is 19.4 Å². The number of amides is 2. The van der Waals surface area contributed by atoms with Gasteiger partial charge >= 0.3 is 0 Å². The van der Waals surface area contributed by atoms with Crippen molar-refractivity contribution in [3.63, 3.8) is 0 Å². The van der Waals surface area contributed by atoms with Gasteiger partial charge in [-0.15, -0.1) is 0 Å². The molecule has 2 aliphatic rings. The Morgan fingerprint density at radius 2 is 1.70 bits per heavy atom. The number of likely N-dealkylation sites (tertiary alicyclic amines) is 1. The van der Waals surface area contributed by atoms with Gasteiger partial charge in [0.15, 0.2) is 0 Å². The molecule has 6 nitrogen and oxygen atoms in total. The van der Waals surface area contributed by atoms with E-state index in [4.69, 9.17) is 4.74 Å². The third kappa shape index (κ3) is 3.49. The Balaban J connectivity index is 1.41. The molecule has 0 saturated carbocycles. The van der Waals surface area contributed by atoms with E-state index in [1.807, 2.05) is 53.4 Å². The highest BCUT2D eigenvalue weighted by atomic mass is 16.5. The molecule has 5 rings (SSSR count). The molecule has 2 amide bonds. The molecular weight excluding hydrogens is 378 g/mol. The standard InChI is InChI=1S/C24H23N3O3/c28-23(26-11-3-4-12-26)18-8-10-22-19(15-18)16-27(13-14-30-22)24(29)21-9-7-17-5-1-2-6-20(17)25-21/h1-2,5-10,15H,3-4,11-14,16H2. The van der Waals surface area contributed by atoms with Gasteiger partial charge in [-0.3, -0.25) is 9.59 Å². The van der Waals surface area contributed by atoms with E-state index in [9.17, 15) is 9.59 Å². The number of pyridine rings is 1. The summed E-state index contributed by atoms with van der Waals surface area (Å²) in [5.74, 6) is 0.650. The highest BCUT2D eigenvalue weighted by Crippen LogP contribution is 2.26. The van der Waals surface area contributed by atoms with E-state index < -0.39 is 0 Å². The highest BCUT2D eigenvalue weighted by Gasteiger charge is 2.25. The third-order valence-electron chi connectivity index (χ3n) is 5.79. The molecule has 1 saturated heterocycles. The summed E-state index contributed by atoms with van der Waals surface area (Å²) in [6.07, 6.45) is 2.11. The second kappa shape index (κ2) is 7.78. The summed E-state index contributed by atoms with van der Waals surface area (Å²) in [5, 5.41) is 1.00.